The number of anilines is 3. The van der Waals surface area contributed by atoms with Crippen molar-refractivity contribution in [3.05, 3.63) is 5.82 Å². The van der Waals surface area contributed by atoms with E-state index >= 15 is 0 Å². The van der Waals surface area contributed by atoms with Gasteiger partial charge in [-0.25, -0.2) is 9.97 Å². The summed E-state index contributed by atoms with van der Waals surface area (Å²) in [4.78, 5) is 26.4. The first kappa shape index (κ1) is 19.4. The van der Waals surface area contributed by atoms with Crippen LogP contribution in [-0.4, -0.2) is 77.0 Å². The number of hydrogen-bond acceptors (Lipinski definition) is 7. The Morgan fingerprint density at radius 2 is 1.86 bits per heavy atom. The maximum absolute atomic E-state index is 12.2. The predicted molar refractivity (Wildman–Crippen MR) is 112 cm³/mol. The van der Waals surface area contributed by atoms with Crippen LogP contribution in [0.15, 0.2) is 0 Å². The van der Waals surface area contributed by atoms with Crippen LogP contribution in [0.3, 0.4) is 0 Å². The summed E-state index contributed by atoms with van der Waals surface area (Å²) in [7, 11) is 2.20. The van der Waals surface area contributed by atoms with E-state index in [1.807, 2.05) is 13.8 Å². The van der Waals surface area contributed by atoms with Crippen molar-refractivity contribution in [3.8, 4) is 0 Å². The summed E-state index contributed by atoms with van der Waals surface area (Å²) in [5.74, 6) is 2.09. The monoisotopic (exact) mass is 387 g/mol. The summed E-state index contributed by atoms with van der Waals surface area (Å²) in [5.41, 5.74) is 0.850. The summed E-state index contributed by atoms with van der Waals surface area (Å²) in [5, 5.41) is 9.78. The highest BCUT2D eigenvalue weighted by Crippen LogP contribution is 2.36. The average molecular weight is 388 g/mol. The summed E-state index contributed by atoms with van der Waals surface area (Å²) in [6.45, 7) is 9.08. The van der Waals surface area contributed by atoms with E-state index in [1.165, 1.54) is 32.1 Å². The van der Waals surface area contributed by atoms with Crippen LogP contribution in [0.1, 0.15) is 44.9 Å². The zero-order valence-corrected chi connectivity index (χ0v) is 17.3. The lowest BCUT2D eigenvalue weighted by Gasteiger charge is -2.49. The van der Waals surface area contributed by atoms with Gasteiger partial charge in [-0.3, -0.25) is 9.69 Å². The number of likely N-dealkylation sites (N-methyl/N-ethyl adjacent to an activating group) is 1. The highest BCUT2D eigenvalue weighted by molar-refractivity contribution is 6.04. The van der Waals surface area contributed by atoms with Gasteiger partial charge in [-0.1, -0.05) is 19.3 Å². The van der Waals surface area contributed by atoms with Gasteiger partial charge in [0.25, 0.3) is 0 Å². The van der Waals surface area contributed by atoms with Gasteiger partial charge in [-0.2, -0.15) is 0 Å². The fourth-order valence-corrected chi connectivity index (χ4v) is 4.77. The van der Waals surface area contributed by atoms with Crippen LogP contribution in [0.2, 0.25) is 0 Å². The Balaban J connectivity index is 1.55. The lowest BCUT2D eigenvalue weighted by atomic mass is 9.79. The molecule has 2 aliphatic heterocycles. The van der Waals surface area contributed by atoms with Crippen LogP contribution < -0.4 is 16.0 Å². The van der Waals surface area contributed by atoms with E-state index in [9.17, 15) is 4.79 Å². The normalized spacial score (nSPS) is 25.5. The Labute approximate surface area is 167 Å². The standard InChI is InChI=1S/C20H33N7O/c1-14-19(28)25-16-17(23-15(2)24-18(16)22-14)21-13-20(7-5-4-6-8-20)27-11-9-26(3)10-12-27/h14H,4-13H2,1-3H3,(H,25,28)(H2,21,22,23,24). The SMILES string of the molecule is Cc1nc(NCC2(N3CCN(C)CC3)CCCCC2)c2c(n1)NC(C)C(=O)N2. The number of aromatic nitrogens is 2. The molecule has 0 radical (unpaired) electrons. The number of hydrogen-bond donors (Lipinski definition) is 3. The first-order chi connectivity index (χ1) is 13.5. The Hall–Kier alpha value is -1.93. The maximum atomic E-state index is 12.2. The van der Waals surface area contributed by atoms with E-state index in [-0.39, 0.29) is 17.5 Å². The van der Waals surface area contributed by atoms with Crippen LogP contribution >= 0.6 is 0 Å². The van der Waals surface area contributed by atoms with Crippen molar-refractivity contribution in [3.63, 3.8) is 0 Å². The number of fused-ring (bicyclic) bond motifs is 1. The van der Waals surface area contributed by atoms with E-state index < -0.39 is 0 Å². The Bertz CT molecular complexity index is 724. The van der Waals surface area contributed by atoms with Gasteiger partial charge < -0.3 is 20.9 Å². The molecule has 1 unspecified atom stereocenters. The number of nitrogens with one attached hydrogen (secondary N) is 3. The van der Waals surface area contributed by atoms with E-state index in [0.29, 0.717) is 17.3 Å². The number of carbonyl (C=O) groups is 1. The van der Waals surface area contributed by atoms with Gasteiger partial charge in [-0.15, -0.1) is 0 Å². The molecule has 1 saturated heterocycles. The van der Waals surface area contributed by atoms with Gasteiger partial charge in [0.1, 0.15) is 17.6 Å². The molecule has 4 rings (SSSR count). The lowest BCUT2D eigenvalue weighted by molar-refractivity contribution is -0.116. The van der Waals surface area contributed by atoms with E-state index in [0.717, 1.165) is 38.5 Å². The molecular formula is C20H33N7O. The number of rotatable bonds is 4. The van der Waals surface area contributed by atoms with E-state index in [2.05, 4.69) is 42.8 Å². The molecule has 3 N–H and O–H groups in total. The predicted octanol–water partition coefficient (Wildman–Crippen LogP) is 1.90. The number of amides is 1. The molecule has 1 amide bonds. The Kier molecular flexibility index (Phi) is 5.42. The molecule has 0 bridgehead atoms. The number of piperazine rings is 1. The van der Waals surface area contributed by atoms with Gasteiger partial charge in [0, 0.05) is 38.3 Å². The molecule has 8 nitrogen and oxygen atoms in total. The fraction of sp³-hybridized carbons (Fsp3) is 0.750. The molecule has 3 aliphatic rings. The first-order valence-electron chi connectivity index (χ1n) is 10.6. The molecule has 1 aromatic heterocycles. The van der Waals surface area contributed by atoms with E-state index in [1.54, 1.807) is 0 Å². The third-order valence-corrected chi connectivity index (χ3v) is 6.56. The molecule has 2 fully saturated rings. The second-order valence-corrected chi connectivity index (χ2v) is 8.63. The largest absolute Gasteiger partial charge is 0.366 e. The van der Waals surface area contributed by atoms with E-state index in [4.69, 9.17) is 0 Å². The van der Waals surface area contributed by atoms with Crippen LogP contribution in [0.5, 0.6) is 0 Å². The third-order valence-electron chi connectivity index (χ3n) is 6.56. The quantitative estimate of drug-likeness (QED) is 0.727. The summed E-state index contributed by atoms with van der Waals surface area (Å²) >= 11 is 0. The molecule has 8 heteroatoms. The van der Waals surface area contributed by atoms with Crippen molar-refractivity contribution in [2.45, 2.75) is 57.5 Å². The summed E-state index contributed by atoms with van der Waals surface area (Å²) < 4.78 is 0. The van der Waals surface area contributed by atoms with Gasteiger partial charge in [0.2, 0.25) is 5.91 Å². The van der Waals surface area contributed by atoms with Crippen LogP contribution in [0.25, 0.3) is 0 Å². The minimum absolute atomic E-state index is 0.0468. The van der Waals surface area contributed by atoms with Crippen molar-refractivity contribution in [1.82, 2.24) is 19.8 Å². The Morgan fingerprint density at radius 3 is 2.57 bits per heavy atom. The first-order valence-corrected chi connectivity index (χ1v) is 10.6. The molecule has 28 heavy (non-hydrogen) atoms. The minimum atomic E-state index is -0.287. The van der Waals surface area contributed by atoms with Crippen LogP contribution in [0.4, 0.5) is 17.3 Å². The number of aryl methyl sites for hydroxylation is 1. The van der Waals surface area contributed by atoms with Crippen molar-refractivity contribution in [2.75, 3.05) is 55.7 Å². The van der Waals surface area contributed by atoms with Gasteiger partial charge in [0.05, 0.1) is 0 Å². The zero-order valence-electron chi connectivity index (χ0n) is 17.3. The van der Waals surface area contributed by atoms with Crippen LogP contribution in [-0.2, 0) is 4.79 Å². The molecule has 1 aliphatic carbocycles. The van der Waals surface area contributed by atoms with Crippen LogP contribution in [0, 0.1) is 6.92 Å². The maximum Gasteiger partial charge on any atom is 0.246 e. The number of nitrogens with zero attached hydrogens (tertiary/aromatic N) is 4. The van der Waals surface area contributed by atoms with Gasteiger partial charge in [0.15, 0.2) is 11.6 Å². The third kappa shape index (κ3) is 3.80. The minimum Gasteiger partial charge on any atom is -0.366 e. The second kappa shape index (κ2) is 7.83. The van der Waals surface area contributed by atoms with Crippen molar-refractivity contribution in [2.24, 2.45) is 0 Å². The molecule has 154 valence electrons. The van der Waals surface area contributed by atoms with Gasteiger partial charge >= 0.3 is 0 Å². The molecule has 1 atom stereocenters. The highest BCUT2D eigenvalue weighted by atomic mass is 16.2. The van der Waals surface area contributed by atoms with Crippen molar-refractivity contribution < 1.29 is 4.79 Å². The molecule has 0 spiro atoms. The molecule has 1 aromatic rings. The second-order valence-electron chi connectivity index (χ2n) is 8.63. The molecule has 0 aromatic carbocycles. The topological polar surface area (TPSA) is 85.4 Å². The summed E-state index contributed by atoms with van der Waals surface area (Å²) in [6.07, 6.45) is 6.33. The average Bonchev–Trinajstić information content (AvgIpc) is 2.69. The van der Waals surface area contributed by atoms with Gasteiger partial charge in [-0.05, 0) is 33.7 Å². The number of carbonyl (C=O) groups excluding carboxylic acids is 1. The Morgan fingerprint density at radius 1 is 1.14 bits per heavy atom. The van der Waals surface area contributed by atoms with Crippen molar-refractivity contribution in [1.29, 1.82) is 0 Å². The lowest BCUT2D eigenvalue weighted by Crippen LogP contribution is -2.60. The molecular weight excluding hydrogens is 354 g/mol. The fourth-order valence-electron chi connectivity index (χ4n) is 4.77. The molecule has 3 heterocycles. The smallest absolute Gasteiger partial charge is 0.246 e. The zero-order chi connectivity index (χ0) is 19.7. The summed E-state index contributed by atoms with van der Waals surface area (Å²) in [6, 6.07) is -0.287. The highest BCUT2D eigenvalue weighted by Gasteiger charge is 2.39. The molecule has 1 saturated carbocycles. The van der Waals surface area contributed by atoms with Crippen molar-refractivity contribution >= 4 is 23.2 Å².